The Kier molecular flexibility index (Phi) is 8.56. The first kappa shape index (κ1) is 29.9. The number of halogens is 3. The van der Waals surface area contributed by atoms with Gasteiger partial charge in [-0.25, -0.2) is 13.1 Å². The van der Waals surface area contributed by atoms with Gasteiger partial charge in [-0.3, -0.25) is 14.3 Å². The van der Waals surface area contributed by atoms with E-state index in [4.69, 9.17) is 5.11 Å². The fourth-order valence-electron chi connectivity index (χ4n) is 4.95. The van der Waals surface area contributed by atoms with Crippen LogP contribution in [0.1, 0.15) is 16.8 Å². The van der Waals surface area contributed by atoms with E-state index in [9.17, 15) is 31.2 Å². The molecule has 3 N–H and O–H groups in total. The second kappa shape index (κ2) is 11.4. The van der Waals surface area contributed by atoms with Crippen LogP contribution in [-0.2, 0) is 10.0 Å². The molecule has 2 aliphatic heterocycles. The fourth-order valence-corrected chi connectivity index (χ4v) is 7.78. The van der Waals surface area contributed by atoms with Gasteiger partial charge < -0.3 is 20.3 Å². The molecular formula is C25H34F3N5O5SSi. The van der Waals surface area contributed by atoms with Crippen molar-refractivity contribution >= 4 is 41.1 Å². The number of aliphatic hydroxyl groups excluding tert-OH is 1. The molecule has 1 atom stereocenters. The molecule has 0 spiro atoms. The van der Waals surface area contributed by atoms with Gasteiger partial charge >= 0.3 is 6.18 Å². The van der Waals surface area contributed by atoms with Gasteiger partial charge in [0.15, 0.2) is 0 Å². The Balaban J connectivity index is 1.61. The van der Waals surface area contributed by atoms with Crippen LogP contribution in [0, 0.1) is 5.92 Å². The molecule has 220 valence electrons. The third-order valence-electron chi connectivity index (χ3n) is 7.44. The predicted molar refractivity (Wildman–Crippen MR) is 151 cm³/mol. The minimum absolute atomic E-state index is 0.0495. The van der Waals surface area contributed by atoms with Crippen molar-refractivity contribution in [3.05, 3.63) is 52.4 Å². The summed E-state index contributed by atoms with van der Waals surface area (Å²) >= 11 is 0. The standard InChI is InChI=1S/C25H34F3N5O5SSi/c1-40(2)14-10-31(11-15-40)22-16-19(30-39(37,38)13-12-34)5-6-20(22)23(35)29-21-4-3-8-33(24(21)36)32-9-7-18(17-32)25(26,27)28/h3-6,8,16,18,30,34H,7,9-15,17H2,1-2H3,(H,29,35)/t18-/m1/s1. The number of amides is 1. The summed E-state index contributed by atoms with van der Waals surface area (Å²) in [4.78, 5) is 28.6. The van der Waals surface area contributed by atoms with E-state index in [1.807, 2.05) is 4.90 Å². The second-order valence-corrected chi connectivity index (χ2v) is 18.2. The summed E-state index contributed by atoms with van der Waals surface area (Å²) < 4.78 is 67.4. The molecule has 40 heavy (non-hydrogen) atoms. The number of nitrogens with zero attached hydrogens (tertiary/aromatic N) is 3. The van der Waals surface area contributed by atoms with E-state index >= 15 is 0 Å². The van der Waals surface area contributed by atoms with Gasteiger partial charge in [-0.15, -0.1) is 0 Å². The van der Waals surface area contributed by atoms with E-state index in [0.29, 0.717) is 18.8 Å². The fraction of sp³-hybridized carbons (Fsp3) is 0.520. The van der Waals surface area contributed by atoms with Crippen LogP contribution in [0.25, 0.3) is 0 Å². The van der Waals surface area contributed by atoms with E-state index < -0.39 is 54.0 Å². The second-order valence-electron chi connectivity index (χ2n) is 11.0. The Labute approximate surface area is 231 Å². The highest BCUT2D eigenvalue weighted by Gasteiger charge is 2.44. The van der Waals surface area contributed by atoms with E-state index in [1.54, 1.807) is 6.07 Å². The van der Waals surface area contributed by atoms with E-state index in [1.165, 1.54) is 35.5 Å². The Morgan fingerprint density at radius 3 is 2.48 bits per heavy atom. The van der Waals surface area contributed by atoms with Crippen LogP contribution < -0.4 is 25.5 Å². The van der Waals surface area contributed by atoms with Gasteiger partial charge in [0.25, 0.3) is 11.5 Å². The van der Waals surface area contributed by atoms with Crippen LogP contribution in [0.5, 0.6) is 0 Å². The maximum Gasteiger partial charge on any atom is 0.393 e. The summed E-state index contributed by atoms with van der Waals surface area (Å²) in [5, 5.41) is 13.0. The van der Waals surface area contributed by atoms with Crippen LogP contribution in [0.2, 0.25) is 25.2 Å². The van der Waals surface area contributed by atoms with Gasteiger partial charge in [0.2, 0.25) is 10.0 Å². The van der Waals surface area contributed by atoms with E-state index in [2.05, 4.69) is 23.1 Å². The van der Waals surface area contributed by atoms with Gasteiger partial charge in [-0.05, 0) is 48.8 Å². The van der Waals surface area contributed by atoms with Crippen molar-refractivity contribution in [1.82, 2.24) is 4.68 Å². The zero-order valence-electron chi connectivity index (χ0n) is 22.4. The number of carbonyl (C=O) groups excluding carboxylic acids is 1. The zero-order valence-corrected chi connectivity index (χ0v) is 24.2. The van der Waals surface area contributed by atoms with Crippen LogP contribution in [0.15, 0.2) is 41.3 Å². The number of carbonyl (C=O) groups is 1. The van der Waals surface area contributed by atoms with Crippen molar-refractivity contribution < 1.29 is 31.5 Å². The van der Waals surface area contributed by atoms with Crippen molar-refractivity contribution in [3.63, 3.8) is 0 Å². The molecule has 15 heteroatoms. The molecule has 0 unspecified atom stereocenters. The van der Waals surface area contributed by atoms with Gasteiger partial charge in [0.05, 0.1) is 43.3 Å². The summed E-state index contributed by atoms with van der Waals surface area (Å²) in [6, 6.07) is 9.29. The Hall–Kier alpha value is -3.04. The van der Waals surface area contributed by atoms with Crippen LogP contribution in [0.3, 0.4) is 0 Å². The van der Waals surface area contributed by atoms with Crippen molar-refractivity contribution in [2.45, 2.75) is 37.8 Å². The highest BCUT2D eigenvalue weighted by molar-refractivity contribution is 7.92. The molecule has 2 fully saturated rings. The topological polar surface area (TPSA) is 124 Å². The summed E-state index contributed by atoms with van der Waals surface area (Å²) in [7, 11) is -5.17. The summed E-state index contributed by atoms with van der Waals surface area (Å²) in [5.74, 6) is -2.62. The first-order chi connectivity index (χ1) is 18.7. The normalized spacial score (nSPS) is 19.5. The van der Waals surface area contributed by atoms with Crippen LogP contribution >= 0.6 is 0 Å². The lowest BCUT2D eigenvalue weighted by molar-refractivity contribution is -0.168. The molecule has 4 rings (SSSR count). The number of hydrogen-bond donors (Lipinski definition) is 3. The first-order valence-corrected chi connectivity index (χ1v) is 18.1. The number of alkyl halides is 3. The zero-order chi connectivity index (χ0) is 29.3. The lowest BCUT2D eigenvalue weighted by atomic mass is 10.1. The van der Waals surface area contributed by atoms with Gasteiger partial charge in [-0.1, -0.05) is 13.1 Å². The SMILES string of the molecule is C[Si]1(C)CCN(c2cc(NS(=O)(=O)CCO)ccc2C(=O)Nc2cccn(N3CC[C@@H](C(F)(F)F)C3)c2=O)CC1. The molecule has 2 aromatic rings. The van der Waals surface area contributed by atoms with Crippen LogP contribution in [0.4, 0.5) is 30.2 Å². The molecule has 1 aromatic heterocycles. The van der Waals surface area contributed by atoms with Crippen molar-refractivity contribution in [3.8, 4) is 0 Å². The number of pyridine rings is 1. The molecule has 2 aliphatic rings. The average Bonchev–Trinajstić information content (AvgIpc) is 3.36. The number of aromatic nitrogens is 1. The van der Waals surface area contributed by atoms with Crippen molar-refractivity contribution in [1.29, 1.82) is 0 Å². The van der Waals surface area contributed by atoms with Crippen molar-refractivity contribution in [2.75, 3.05) is 58.5 Å². The highest BCUT2D eigenvalue weighted by atomic mass is 32.2. The highest BCUT2D eigenvalue weighted by Crippen LogP contribution is 2.33. The van der Waals surface area contributed by atoms with Gasteiger partial charge in [0, 0.05) is 32.4 Å². The number of anilines is 3. The van der Waals surface area contributed by atoms with Crippen LogP contribution in [-0.4, -0.2) is 76.9 Å². The molecule has 2 saturated heterocycles. The number of benzene rings is 1. The van der Waals surface area contributed by atoms with Gasteiger partial charge in [-0.2, -0.15) is 13.2 Å². The number of sulfonamides is 1. The Bertz CT molecular complexity index is 1410. The monoisotopic (exact) mass is 601 g/mol. The van der Waals surface area contributed by atoms with Gasteiger partial charge in [0.1, 0.15) is 5.69 Å². The largest absolute Gasteiger partial charge is 0.395 e. The summed E-state index contributed by atoms with van der Waals surface area (Å²) in [6.07, 6.45) is -3.11. The molecule has 3 heterocycles. The summed E-state index contributed by atoms with van der Waals surface area (Å²) in [6.45, 7) is 5.09. The number of rotatable bonds is 8. The molecule has 0 bridgehead atoms. The molecule has 1 aromatic carbocycles. The smallest absolute Gasteiger partial charge is 0.393 e. The number of aliphatic hydroxyl groups is 1. The molecule has 0 saturated carbocycles. The van der Waals surface area contributed by atoms with E-state index in [0.717, 1.165) is 16.8 Å². The molecule has 0 radical (unpaired) electrons. The average molecular weight is 602 g/mol. The molecule has 10 nitrogen and oxygen atoms in total. The maximum absolute atomic E-state index is 13.5. The Morgan fingerprint density at radius 1 is 1.15 bits per heavy atom. The molecule has 0 aliphatic carbocycles. The quantitative estimate of drug-likeness (QED) is 0.398. The Morgan fingerprint density at radius 2 is 1.85 bits per heavy atom. The first-order valence-electron chi connectivity index (χ1n) is 13.0. The minimum Gasteiger partial charge on any atom is -0.395 e. The third kappa shape index (κ3) is 6.99. The minimum atomic E-state index is -4.36. The van der Waals surface area contributed by atoms with E-state index in [-0.39, 0.29) is 36.4 Å². The number of hydrogen-bond acceptors (Lipinski definition) is 7. The lowest BCUT2D eigenvalue weighted by Crippen LogP contribution is -2.43. The third-order valence-corrected chi connectivity index (χ3v) is 11.9. The lowest BCUT2D eigenvalue weighted by Gasteiger charge is -2.38. The predicted octanol–water partition coefficient (Wildman–Crippen LogP) is 2.88. The van der Waals surface area contributed by atoms with Crippen molar-refractivity contribution in [2.24, 2.45) is 5.92 Å². The summed E-state index contributed by atoms with van der Waals surface area (Å²) in [5.41, 5.74) is 0.208. The number of nitrogens with one attached hydrogen (secondary N) is 2. The molecule has 1 amide bonds. The molecular weight excluding hydrogens is 567 g/mol. The maximum atomic E-state index is 13.5.